The highest BCUT2D eigenvalue weighted by Gasteiger charge is 2.01. The molecule has 1 aromatic heterocycles. The first-order valence-corrected chi connectivity index (χ1v) is 6.68. The van der Waals surface area contributed by atoms with E-state index in [1.54, 1.807) is 12.3 Å². The van der Waals surface area contributed by atoms with Gasteiger partial charge in [-0.15, -0.1) is 0 Å². The van der Waals surface area contributed by atoms with Gasteiger partial charge in [-0.2, -0.15) is 5.26 Å². The monoisotopic (exact) mass is 369 g/mol. The molecule has 0 bridgehead atoms. The Morgan fingerprint density at radius 1 is 1.33 bits per heavy atom. The lowest BCUT2D eigenvalue weighted by Crippen LogP contribution is -2.01. The van der Waals surface area contributed by atoms with Crippen molar-refractivity contribution in [3.8, 4) is 6.07 Å². The molecule has 3 nitrogen and oxygen atoms in total. The van der Waals surface area contributed by atoms with Crippen molar-refractivity contribution >= 4 is 39.9 Å². The number of benzene rings is 1. The van der Waals surface area contributed by atoms with Crippen molar-refractivity contribution in [1.82, 2.24) is 4.98 Å². The Hall–Kier alpha value is -1.32. The van der Waals surface area contributed by atoms with Crippen molar-refractivity contribution in [2.24, 2.45) is 0 Å². The maximum Gasteiger partial charge on any atom is 0.140 e. The molecule has 2 rings (SSSR count). The smallest absolute Gasteiger partial charge is 0.140 e. The summed E-state index contributed by atoms with van der Waals surface area (Å²) in [6.45, 7) is 0.648. The van der Waals surface area contributed by atoms with Gasteiger partial charge in [0.1, 0.15) is 11.8 Å². The lowest BCUT2D eigenvalue weighted by Gasteiger charge is -2.09. The second-order valence-electron chi connectivity index (χ2n) is 3.64. The van der Waals surface area contributed by atoms with Gasteiger partial charge in [-0.3, -0.25) is 0 Å². The molecule has 2 aromatic rings. The van der Waals surface area contributed by atoms with Crippen LogP contribution in [0.4, 0.5) is 5.69 Å². The van der Waals surface area contributed by atoms with Gasteiger partial charge < -0.3 is 5.32 Å². The maximum absolute atomic E-state index is 8.77. The standard InChI is InChI=1S/C13H9ClIN3/c14-10-1-2-13(12(15)6-10)18-8-9-3-4-17-11(5-9)7-16/h1-6,18H,8H2. The van der Waals surface area contributed by atoms with E-state index in [2.05, 4.69) is 32.9 Å². The van der Waals surface area contributed by atoms with E-state index >= 15 is 0 Å². The molecule has 0 aliphatic heterocycles. The summed E-state index contributed by atoms with van der Waals surface area (Å²) in [6.07, 6.45) is 1.64. The van der Waals surface area contributed by atoms with Crippen LogP contribution in [0.25, 0.3) is 0 Å². The molecule has 0 fully saturated rings. The molecule has 1 heterocycles. The zero-order valence-electron chi connectivity index (χ0n) is 9.32. The first-order valence-electron chi connectivity index (χ1n) is 5.23. The summed E-state index contributed by atoms with van der Waals surface area (Å²) < 4.78 is 1.06. The molecule has 18 heavy (non-hydrogen) atoms. The first-order chi connectivity index (χ1) is 8.69. The molecule has 0 atom stereocenters. The average Bonchev–Trinajstić information content (AvgIpc) is 2.38. The number of nitrogens with one attached hydrogen (secondary N) is 1. The van der Waals surface area contributed by atoms with E-state index in [1.165, 1.54) is 0 Å². The highest BCUT2D eigenvalue weighted by molar-refractivity contribution is 14.1. The summed E-state index contributed by atoms with van der Waals surface area (Å²) in [7, 11) is 0. The van der Waals surface area contributed by atoms with Gasteiger partial charge in [0.15, 0.2) is 0 Å². The molecule has 1 aromatic carbocycles. The van der Waals surface area contributed by atoms with E-state index in [4.69, 9.17) is 16.9 Å². The molecule has 0 unspecified atom stereocenters. The number of nitriles is 1. The molecular weight excluding hydrogens is 361 g/mol. The molecule has 5 heteroatoms. The Balaban J connectivity index is 2.09. The van der Waals surface area contributed by atoms with Crippen LogP contribution in [0.15, 0.2) is 36.5 Å². The number of aromatic nitrogens is 1. The van der Waals surface area contributed by atoms with Crippen molar-refractivity contribution in [3.05, 3.63) is 56.4 Å². The summed E-state index contributed by atoms with van der Waals surface area (Å²) in [4.78, 5) is 3.93. The van der Waals surface area contributed by atoms with Gasteiger partial charge >= 0.3 is 0 Å². The van der Waals surface area contributed by atoms with Crippen LogP contribution in [0, 0.1) is 14.9 Å². The second-order valence-corrected chi connectivity index (χ2v) is 5.24. The SMILES string of the molecule is N#Cc1cc(CNc2ccc(Cl)cc2I)ccn1. The van der Waals surface area contributed by atoms with Crippen molar-refractivity contribution in [3.63, 3.8) is 0 Å². The van der Waals surface area contributed by atoms with Crippen LogP contribution in [-0.2, 0) is 6.54 Å². The van der Waals surface area contributed by atoms with E-state index in [9.17, 15) is 0 Å². The third kappa shape index (κ3) is 3.34. The molecule has 0 aliphatic rings. The number of hydrogen-bond acceptors (Lipinski definition) is 3. The van der Waals surface area contributed by atoms with E-state index in [0.29, 0.717) is 12.2 Å². The molecule has 0 saturated carbocycles. The van der Waals surface area contributed by atoms with Crippen molar-refractivity contribution in [2.75, 3.05) is 5.32 Å². The largest absolute Gasteiger partial charge is 0.380 e. The van der Waals surface area contributed by atoms with E-state index in [1.807, 2.05) is 30.3 Å². The normalized spacial score (nSPS) is 9.83. The van der Waals surface area contributed by atoms with Crippen molar-refractivity contribution in [1.29, 1.82) is 5.26 Å². The molecular formula is C13H9ClIN3. The number of nitrogens with zero attached hydrogens (tertiary/aromatic N) is 2. The molecule has 0 spiro atoms. The molecule has 1 N–H and O–H groups in total. The van der Waals surface area contributed by atoms with Crippen LogP contribution in [-0.4, -0.2) is 4.98 Å². The van der Waals surface area contributed by atoms with Crippen LogP contribution < -0.4 is 5.32 Å². The number of halogens is 2. The Morgan fingerprint density at radius 2 is 2.17 bits per heavy atom. The lowest BCUT2D eigenvalue weighted by molar-refractivity contribution is 1.11. The number of rotatable bonds is 3. The van der Waals surface area contributed by atoms with Gasteiger partial charge in [-0.25, -0.2) is 4.98 Å². The highest BCUT2D eigenvalue weighted by atomic mass is 127. The van der Waals surface area contributed by atoms with Crippen LogP contribution in [0.5, 0.6) is 0 Å². The van der Waals surface area contributed by atoms with Crippen LogP contribution in [0.1, 0.15) is 11.3 Å². The summed E-state index contributed by atoms with van der Waals surface area (Å²) in [5, 5.41) is 12.8. The summed E-state index contributed by atoms with van der Waals surface area (Å²) in [5.41, 5.74) is 2.47. The van der Waals surface area contributed by atoms with E-state index in [0.717, 1.165) is 19.8 Å². The Morgan fingerprint density at radius 3 is 2.89 bits per heavy atom. The van der Waals surface area contributed by atoms with E-state index < -0.39 is 0 Å². The molecule has 0 radical (unpaired) electrons. The maximum atomic E-state index is 8.77. The third-order valence-corrected chi connectivity index (χ3v) is 3.48. The third-order valence-electron chi connectivity index (χ3n) is 2.35. The van der Waals surface area contributed by atoms with E-state index in [-0.39, 0.29) is 0 Å². The topological polar surface area (TPSA) is 48.7 Å². The Kier molecular flexibility index (Phi) is 4.39. The molecule has 90 valence electrons. The van der Waals surface area contributed by atoms with Gasteiger partial charge in [0.05, 0.1) is 0 Å². The van der Waals surface area contributed by atoms with Crippen molar-refractivity contribution in [2.45, 2.75) is 6.54 Å². The number of pyridine rings is 1. The second kappa shape index (κ2) is 6.03. The van der Waals surface area contributed by atoms with Crippen LogP contribution in [0.3, 0.4) is 0 Å². The fourth-order valence-corrected chi connectivity index (χ4v) is 2.54. The highest BCUT2D eigenvalue weighted by Crippen LogP contribution is 2.22. The number of anilines is 1. The predicted octanol–water partition coefficient (Wildman–Crippen LogP) is 3.82. The van der Waals surface area contributed by atoms with Crippen molar-refractivity contribution < 1.29 is 0 Å². The molecule has 0 amide bonds. The fourth-order valence-electron chi connectivity index (χ4n) is 1.48. The summed E-state index contributed by atoms with van der Waals surface area (Å²) >= 11 is 8.13. The minimum Gasteiger partial charge on any atom is -0.380 e. The molecule has 0 saturated heterocycles. The minimum absolute atomic E-state index is 0.431. The zero-order chi connectivity index (χ0) is 13.0. The quantitative estimate of drug-likeness (QED) is 0.837. The summed E-state index contributed by atoms with van der Waals surface area (Å²) in [6, 6.07) is 11.4. The summed E-state index contributed by atoms with van der Waals surface area (Å²) in [5.74, 6) is 0. The van der Waals surface area contributed by atoms with Crippen LogP contribution in [0.2, 0.25) is 5.02 Å². The molecule has 0 aliphatic carbocycles. The lowest BCUT2D eigenvalue weighted by atomic mass is 10.2. The average molecular weight is 370 g/mol. The van der Waals surface area contributed by atoms with Gasteiger partial charge in [0.2, 0.25) is 0 Å². The number of hydrogen-bond donors (Lipinski definition) is 1. The predicted molar refractivity (Wildman–Crippen MR) is 80.4 cm³/mol. The first kappa shape index (κ1) is 13.1. The fraction of sp³-hybridized carbons (Fsp3) is 0.0769. The van der Waals surface area contributed by atoms with Gasteiger partial charge in [-0.05, 0) is 58.5 Å². The Labute approximate surface area is 124 Å². The van der Waals surface area contributed by atoms with Gasteiger partial charge in [0, 0.05) is 27.0 Å². The van der Waals surface area contributed by atoms with Gasteiger partial charge in [0.25, 0.3) is 0 Å². The Bertz CT molecular complexity index is 607. The zero-order valence-corrected chi connectivity index (χ0v) is 12.2. The van der Waals surface area contributed by atoms with Gasteiger partial charge in [-0.1, -0.05) is 11.6 Å². The minimum atomic E-state index is 0.431. The van der Waals surface area contributed by atoms with Crippen LogP contribution >= 0.6 is 34.2 Å².